The van der Waals surface area contributed by atoms with Gasteiger partial charge >= 0.3 is 0 Å². The number of carbonyl (C=O) groups excluding carboxylic acids is 2. The second-order valence-electron chi connectivity index (χ2n) is 9.80. The first-order valence-corrected chi connectivity index (χ1v) is 14.3. The number of nitrogens with one attached hydrogen (secondary N) is 1. The molecule has 0 spiro atoms. The van der Waals surface area contributed by atoms with E-state index >= 15 is 0 Å². The molecule has 0 unspecified atom stereocenters. The van der Waals surface area contributed by atoms with Crippen molar-refractivity contribution in [3.63, 3.8) is 0 Å². The fourth-order valence-electron chi connectivity index (χ4n) is 3.70. The standard InChI is InChI=1S/C15H23NO4S.C13H22N4O/c1-6-7-13(17)10-16(4)21(18,19)15-11(2)8-14(20-5)9-12(15)3;1-11(18)17(4)10-12-5-6-13(15-9-12)14-7-8-16(2)3/h8-9H,6-7,10H2,1-5H3;5-6,9H,7-8,10H2,1-4H3,(H,14,15). The second-order valence-corrected chi connectivity index (χ2v) is 11.8. The van der Waals surface area contributed by atoms with Crippen molar-refractivity contribution in [1.82, 2.24) is 19.1 Å². The summed E-state index contributed by atoms with van der Waals surface area (Å²) in [5, 5.41) is 3.25. The minimum Gasteiger partial charge on any atom is -0.497 e. The number of aryl methyl sites for hydroxylation is 2. The Morgan fingerprint density at radius 3 is 2.13 bits per heavy atom. The Balaban J connectivity index is 0.000000395. The van der Waals surface area contributed by atoms with Gasteiger partial charge in [0.1, 0.15) is 17.4 Å². The molecule has 1 heterocycles. The van der Waals surface area contributed by atoms with Gasteiger partial charge in [-0.2, -0.15) is 4.31 Å². The van der Waals surface area contributed by atoms with Crippen LogP contribution in [0, 0.1) is 13.8 Å². The number of benzene rings is 1. The van der Waals surface area contributed by atoms with Crippen LogP contribution in [0.5, 0.6) is 5.75 Å². The predicted octanol–water partition coefficient (Wildman–Crippen LogP) is 3.34. The van der Waals surface area contributed by atoms with Crippen molar-refractivity contribution in [3.8, 4) is 5.75 Å². The van der Waals surface area contributed by atoms with Gasteiger partial charge in [0.05, 0.1) is 18.6 Å². The number of sulfonamides is 1. The molecule has 0 saturated heterocycles. The smallest absolute Gasteiger partial charge is 0.243 e. The lowest BCUT2D eigenvalue weighted by Crippen LogP contribution is -2.33. The number of anilines is 1. The number of hydrogen-bond acceptors (Lipinski definition) is 8. The maximum Gasteiger partial charge on any atom is 0.243 e. The highest BCUT2D eigenvalue weighted by Gasteiger charge is 2.26. The molecule has 39 heavy (non-hydrogen) atoms. The van der Waals surface area contributed by atoms with Crippen LogP contribution in [0.3, 0.4) is 0 Å². The number of nitrogens with zero attached hydrogens (tertiary/aromatic N) is 4. The monoisotopic (exact) mass is 563 g/mol. The van der Waals surface area contributed by atoms with Crippen molar-refractivity contribution in [2.75, 3.05) is 60.3 Å². The van der Waals surface area contributed by atoms with Gasteiger partial charge in [0.15, 0.2) is 0 Å². The summed E-state index contributed by atoms with van der Waals surface area (Å²) in [6.07, 6.45) is 2.91. The summed E-state index contributed by atoms with van der Waals surface area (Å²) in [6, 6.07) is 7.30. The fourth-order valence-corrected chi connectivity index (χ4v) is 5.25. The molecular formula is C28H45N5O5S. The van der Waals surface area contributed by atoms with Crippen LogP contribution in [0.15, 0.2) is 35.4 Å². The van der Waals surface area contributed by atoms with Crippen LogP contribution in [0.1, 0.15) is 43.4 Å². The number of pyridine rings is 1. The fraction of sp³-hybridized carbons (Fsp3) is 0.536. The number of likely N-dealkylation sites (N-methyl/N-ethyl adjacent to an activating group) is 2. The first-order valence-electron chi connectivity index (χ1n) is 12.9. The highest BCUT2D eigenvalue weighted by molar-refractivity contribution is 7.89. The second kappa shape index (κ2) is 16.2. The average molecular weight is 564 g/mol. The van der Waals surface area contributed by atoms with Crippen molar-refractivity contribution < 1.29 is 22.7 Å². The summed E-state index contributed by atoms with van der Waals surface area (Å²) in [5.74, 6) is 1.47. The van der Waals surface area contributed by atoms with Crippen molar-refractivity contribution in [2.45, 2.75) is 52.0 Å². The largest absolute Gasteiger partial charge is 0.497 e. The molecule has 11 heteroatoms. The van der Waals surface area contributed by atoms with E-state index in [9.17, 15) is 18.0 Å². The van der Waals surface area contributed by atoms with E-state index in [4.69, 9.17) is 4.74 Å². The maximum atomic E-state index is 12.6. The third-order valence-corrected chi connectivity index (χ3v) is 8.02. The van der Waals surface area contributed by atoms with Gasteiger partial charge in [-0.1, -0.05) is 13.0 Å². The summed E-state index contributed by atoms with van der Waals surface area (Å²) in [7, 11) is 5.15. The summed E-state index contributed by atoms with van der Waals surface area (Å²) in [5.41, 5.74) is 2.26. The Morgan fingerprint density at radius 2 is 1.67 bits per heavy atom. The van der Waals surface area contributed by atoms with E-state index in [1.165, 1.54) is 14.2 Å². The number of carbonyl (C=O) groups is 2. The highest BCUT2D eigenvalue weighted by Crippen LogP contribution is 2.27. The van der Waals surface area contributed by atoms with Gasteiger partial charge in [-0.15, -0.1) is 0 Å². The van der Waals surface area contributed by atoms with Crippen molar-refractivity contribution >= 4 is 27.5 Å². The van der Waals surface area contributed by atoms with E-state index in [1.807, 2.05) is 33.2 Å². The van der Waals surface area contributed by atoms with Crippen LogP contribution >= 0.6 is 0 Å². The Labute approximate surface area is 234 Å². The molecule has 2 aromatic rings. The van der Waals surface area contributed by atoms with Gasteiger partial charge in [-0.05, 0) is 69.3 Å². The van der Waals surface area contributed by atoms with Gasteiger partial charge in [-0.25, -0.2) is 13.4 Å². The molecule has 0 aliphatic carbocycles. The lowest BCUT2D eigenvalue weighted by molar-refractivity contribution is -0.128. The molecule has 0 aliphatic rings. The quantitative estimate of drug-likeness (QED) is 0.395. The molecule has 218 valence electrons. The number of aromatic nitrogens is 1. The number of ketones is 1. The molecule has 0 radical (unpaired) electrons. The lowest BCUT2D eigenvalue weighted by Gasteiger charge is -2.20. The first kappa shape index (κ1) is 34.0. The minimum atomic E-state index is -3.68. The number of rotatable bonds is 13. The molecule has 0 bridgehead atoms. The molecule has 2 rings (SSSR count). The van der Waals surface area contributed by atoms with Gasteiger partial charge < -0.3 is 19.9 Å². The summed E-state index contributed by atoms with van der Waals surface area (Å²) in [6.45, 7) is 9.24. The lowest BCUT2D eigenvalue weighted by atomic mass is 10.1. The number of Topliss-reactive ketones (excluding diaryl/α,β-unsaturated/α-hetero) is 1. The van der Waals surface area contributed by atoms with E-state index in [2.05, 4.69) is 15.2 Å². The molecule has 1 aromatic heterocycles. The molecular weight excluding hydrogens is 518 g/mol. The molecule has 1 aromatic carbocycles. The van der Waals surface area contributed by atoms with Gasteiger partial charge in [0.25, 0.3) is 0 Å². The number of methoxy groups -OCH3 is 1. The normalized spacial score (nSPS) is 11.2. The third-order valence-electron chi connectivity index (χ3n) is 5.91. The number of amides is 1. The van der Waals surface area contributed by atoms with E-state index in [1.54, 1.807) is 51.0 Å². The molecule has 0 aliphatic heterocycles. The van der Waals surface area contributed by atoms with Crippen molar-refractivity contribution in [2.24, 2.45) is 0 Å². The molecule has 0 atom stereocenters. The zero-order valence-electron chi connectivity index (χ0n) is 24.9. The van der Waals surface area contributed by atoms with Gasteiger partial charge in [0, 0.05) is 53.3 Å². The van der Waals surface area contributed by atoms with E-state index < -0.39 is 10.0 Å². The van der Waals surface area contributed by atoms with Gasteiger partial charge in [-0.3, -0.25) is 9.59 Å². The SMILES string of the molecule is CC(=O)N(C)Cc1ccc(NCCN(C)C)nc1.CCCC(=O)CN(C)S(=O)(=O)c1c(C)cc(OC)cc1C. The molecule has 0 saturated carbocycles. The number of ether oxygens (including phenoxy) is 1. The van der Waals surface area contributed by atoms with E-state index in [0.29, 0.717) is 36.3 Å². The van der Waals surface area contributed by atoms with E-state index in [0.717, 1.165) is 28.8 Å². The van der Waals surface area contributed by atoms with Crippen LogP contribution in [0.4, 0.5) is 5.82 Å². The van der Waals surface area contributed by atoms with Gasteiger partial charge in [0.2, 0.25) is 15.9 Å². The Hall–Kier alpha value is -3.02. The molecule has 0 fully saturated rings. The molecule has 1 amide bonds. The van der Waals surface area contributed by atoms with E-state index in [-0.39, 0.29) is 23.1 Å². The first-order chi connectivity index (χ1) is 18.2. The summed E-state index contributed by atoms with van der Waals surface area (Å²) >= 11 is 0. The van der Waals surface area contributed by atoms with Crippen molar-refractivity contribution in [1.29, 1.82) is 0 Å². The topological polar surface area (TPSA) is 112 Å². The zero-order valence-corrected chi connectivity index (χ0v) is 25.7. The van der Waals surface area contributed by atoms with Crippen LogP contribution in [-0.2, 0) is 26.2 Å². The van der Waals surface area contributed by atoms with Crippen LogP contribution in [-0.4, -0.2) is 94.1 Å². The predicted molar refractivity (Wildman–Crippen MR) is 156 cm³/mol. The highest BCUT2D eigenvalue weighted by atomic mass is 32.2. The van der Waals surface area contributed by atoms with Crippen LogP contribution < -0.4 is 10.1 Å². The van der Waals surface area contributed by atoms with Crippen LogP contribution in [0.25, 0.3) is 0 Å². The Kier molecular flexibility index (Phi) is 14.1. The number of hydrogen-bond donors (Lipinski definition) is 1. The average Bonchev–Trinajstić information content (AvgIpc) is 2.84. The zero-order chi connectivity index (χ0) is 29.8. The molecule has 10 nitrogen and oxygen atoms in total. The van der Waals surface area contributed by atoms with Crippen LogP contribution in [0.2, 0.25) is 0 Å². The molecule has 1 N–H and O–H groups in total. The maximum absolute atomic E-state index is 12.6. The summed E-state index contributed by atoms with van der Waals surface area (Å²) in [4.78, 5) is 31.1. The minimum absolute atomic E-state index is 0.0585. The third kappa shape index (κ3) is 11.3. The Bertz CT molecular complexity index is 1160. The summed E-state index contributed by atoms with van der Waals surface area (Å²) < 4.78 is 31.5. The van der Waals surface area contributed by atoms with Crippen molar-refractivity contribution in [3.05, 3.63) is 47.2 Å². The Morgan fingerprint density at radius 1 is 1.05 bits per heavy atom.